The van der Waals surface area contributed by atoms with Gasteiger partial charge in [0.2, 0.25) is 0 Å². The van der Waals surface area contributed by atoms with Crippen molar-refractivity contribution in [3.05, 3.63) is 42.0 Å². The van der Waals surface area contributed by atoms with Crippen molar-refractivity contribution in [3.63, 3.8) is 0 Å². The van der Waals surface area contributed by atoms with E-state index in [0.717, 1.165) is 26.1 Å². The fourth-order valence-corrected chi connectivity index (χ4v) is 2.61. The molecule has 0 saturated heterocycles. The lowest BCUT2D eigenvalue weighted by Crippen LogP contribution is -2.27. The Bertz CT molecular complexity index is 563. The molecule has 0 aliphatic carbocycles. The molecule has 108 valence electrons. The van der Waals surface area contributed by atoms with E-state index in [9.17, 15) is 0 Å². The van der Waals surface area contributed by atoms with Gasteiger partial charge in [-0.3, -0.25) is 0 Å². The lowest BCUT2D eigenvalue weighted by Gasteiger charge is -2.18. The van der Waals surface area contributed by atoms with E-state index < -0.39 is 0 Å². The van der Waals surface area contributed by atoms with Crippen LogP contribution >= 0.6 is 0 Å². The van der Waals surface area contributed by atoms with E-state index >= 15 is 0 Å². The third kappa shape index (κ3) is 3.30. The van der Waals surface area contributed by atoms with Crippen LogP contribution in [0.15, 0.2) is 36.4 Å². The minimum absolute atomic E-state index is 0.719. The Kier molecular flexibility index (Phi) is 4.99. The fourth-order valence-electron chi connectivity index (χ4n) is 2.61. The van der Waals surface area contributed by atoms with E-state index in [1.807, 2.05) is 0 Å². The Morgan fingerprint density at radius 3 is 2.30 bits per heavy atom. The molecule has 0 unspecified atom stereocenters. The highest BCUT2D eigenvalue weighted by Crippen LogP contribution is 2.28. The zero-order chi connectivity index (χ0) is 14.5. The smallest absolute Gasteiger partial charge is 0.0440 e. The summed E-state index contributed by atoms with van der Waals surface area (Å²) in [5, 5.41) is 2.69. The van der Waals surface area contributed by atoms with Gasteiger partial charge in [0, 0.05) is 44.8 Å². The van der Waals surface area contributed by atoms with Crippen molar-refractivity contribution in [1.29, 1.82) is 0 Å². The number of benzene rings is 2. The molecule has 0 atom stereocenters. The first-order chi connectivity index (χ1) is 9.63. The van der Waals surface area contributed by atoms with Crippen molar-refractivity contribution < 1.29 is 0 Å². The molecule has 0 heterocycles. The minimum Gasteiger partial charge on any atom is -0.377 e. The number of rotatable bonds is 6. The summed E-state index contributed by atoms with van der Waals surface area (Å²) < 4.78 is 0. The molecule has 0 aliphatic heterocycles. The van der Waals surface area contributed by atoms with Crippen LogP contribution in [0.4, 0.5) is 5.69 Å². The molecule has 0 spiro atoms. The molecule has 0 aliphatic rings. The summed E-state index contributed by atoms with van der Waals surface area (Å²) in [5.74, 6) is 0. The van der Waals surface area contributed by atoms with E-state index in [2.05, 4.69) is 67.3 Å². The lowest BCUT2D eigenvalue weighted by molar-refractivity contribution is 0.348. The third-order valence-electron chi connectivity index (χ3n) is 3.74. The van der Waals surface area contributed by atoms with Crippen molar-refractivity contribution in [2.75, 3.05) is 45.7 Å². The van der Waals surface area contributed by atoms with Gasteiger partial charge in [0.1, 0.15) is 0 Å². The molecule has 0 fully saturated rings. The number of hydrogen-bond acceptors (Lipinski definition) is 3. The van der Waals surface area contributed by atoms with Gasteiger partial charge in [-0.2, -0.15) is 0 Å². The number of nitrogens with two attached hydrogens (primary N) is 1. The standard InChI is InChI=1S/C17H25N3/c1-19(2)17-9-5-7-15-14(6-4-8-16(15)17)10-12-20(3)13-11-18/h4-9H,10-13,18H2,1-3H3. The van der Waals surface area contributed by atoms with Gasteiger partial charge in [-0.15, -0.1) is 0 Å². The van der Waals surface area contributed by atoms with E-state index in [1.165, 1.54) is 22.0 Å². The van der Waals surface area contributed by atoms with E-state index in [4.69, 9.17) is 5.73 Å². The molecule has 2 aromatic rings. The van der Waals surface area contributed by atoms with Gasteiger partial charge in [0.15, 0.2) is 0 Å². The van der Waals surface area contributed by atoms with Crippen molar-refractivity contribution in [2.45, 2.75) is 6.42 Å². The molecule has 0 bridgehead atoms. The van der Waals surface area contributed by atoms with Crippen molar-refractivity contribution in [2.24, 2.45) is 5.73 Å². The van der Waals surface area contributed by atoms with Gasteiger partial charge in [-0.05, 0) is 30.5 Å². The van der Waals surface area contributed by atoms with Gasteiger partial charge in [-0.25, -0.2) is 0 Å². The van der Waals surface area contributed by atoms with Crippen LogP contribution in [0.3, 0.4) is 0 Å². The summed E-state index contributed by atoms with van der Waals surface area (Å²) in [4.78, 5) is 4.46. The van der Waals surface area contributed by atoms with Crippen LogP contribution in [0.2, 0.25) is 0 Å². The summed E-state index contributed by atoms with van der Waals surface area (Å²) in [6.07, 6.45) is 1.06. The summed E-state index contributed by atoms with van der Waals surface area (Å²) in [7, 11) is 6.32. The Balaban J connectivity index is 2.28. The van der Waals surface area contributed by atoms with Gasteiger partial charge < -0.3 is 15.5 Å². The number of nitrogens with zero attached hydrogens (tertiary/aromatic N) is 2. The molecule has 0 aromatic heterocycles. The molecule has 3 nitrogen and oxygen atoms in total. The Labute approximate surface area is 122 Å². The van der Waals surface area contributed by atoms with Crippen LogP contribution in [0.5, 0.6) is 0 Å². The molecule has 2 rings (SSSR count). The highest BCUT2D eigenvalue weighted by molar-refractivity contribution is 5.96. The second kappa shape index (κ2) is 6.73. The number of anilines is 1. The summed E-state index contributed by atoms with van der Waals surface area (Å²) in [5.41, 5.74) is 8.28. The van der Waals surface area contributed by atoms with Gasteiger partial charge in [0.25, 0.3) is 0 Å². The van der Waals surface area contributed by atoms with Crippen LogP contribution < -0.4 is 10.6 Å². The summed E-state index contributed by atoms with van der Waals surface area (Å²) in [6, 6.07) is 13.1. The molecule has 20 heavy (non-hydrogen) atoms. The largest absolute Gasteiger partial charge is 0.377 e. The second-order valence-electron chi connectivity index (χ2n) is 5.53. The second-order valence-corrected chi connectivity index (χ2v) is 5.53. The number of hydrogen-bond donors (Lipinski definition) is 1. The monoisotopic (exact) mass is 271 g/mol. The molecule has 3 heteroatoms. The van der Waals surface area contributed by atoms with E-state index in [-0.39, 0.29) is 0 Å². The molecule has 0 amide bonds. The first kappa shape index (κ1) is 14.8. The SMILES string of the molecule is CN(CCN)CCc1cccc2c(N(C)C)cccc12. The topological polar surface area (TPSA) is 32.5 Å². The Morgan fingerprint density at radius 1 is 0.900 bits per heavy atom. The molecule has 2 N–H and O–H groups in total. The quantitative estimate of drug-likeness (QED) is 0.875. The van der Waals surface area contributed by atoms with Gasteiger partial charge >= 0.3 is 0 Å². The first-order valence-corrected chi connectivity index (χ1v) is 7.20. The van der Waals surface area contributed by atoms with Gasteiger partial charge in [0.05, 0.1) is 0 Å². The van der Waals surface area contributed by atoms with E-state index in [1.54, 1.807) is 0 Å². The highest BCUT2D eigenvalue weighted by atomic mass is 15.1. The van der Waals surface area contributed by atoms with Crippen LogP contribution in [-0.2, 0) is 6.42 Å². The zero-order valence-corrected chi connectivity index (χ0v) is 12.8. The Morgan fingerprint density at radius 2 is 1.60 bits per heavy atom. The highest BCUT2D eigenvalue weighted by Gasteiger charge is 2.07. The minimum atomic E-state index is 0.719. The number of fused-ring (bicyclic) bond motifs is 1. The van der Waals surface area contributed by atoms with Crippen LogP contribution in [0.25, 0.3) is 10.8 Å². The maximum atomic E-state index is 5.59. The first-order valence-electron chi connectivity index (χ1n) is 7.20. The summed E-state index contributed by atoms with van der Waals surface area (Å²) in [6.45, 7) is 2.72. The summed E-state index contributed by atoms with van der Waals surface area (Å²) >= 11 is 0. The van der Waals surface area contributed by atoms with Crippen LogP contribution in [0, 0.1) is 0 Å². The van der Waals surface area contributed by atoms with Crippen molar-refractivity contribution >= 4 is 16.5 Å². The average Bonchev–Trinajstić information content (AvgIpc) is 2.44. The lowest BCUT2D eigenvalue weighted by atomic mass is 10.0. The molecule has 0 radical (unpaired) electrons. The Hall–Kier alpha value is -1.58. The fraction of sp³-hybridized carbons (Fsp3) is 0.412. The number of likely N-dealkylation sites (N-methyl/N-ethyl adjacent to an activating group) is 1. The van der Waals surface area contributed by atoms with Crippen molar-refractivity contribution in [3.8, 4) is 0 Å². The van der Waals surface area contributed by atoms with Crippen LogP contribution in [0.1, 0.15) is 5.56 Å². The zero-order valence-electron chi connectivity index (χ0n) is 12.8. The average molecular weight is 271 g/mol. The van der Waals surface area contributed by atoms with Gasteiger partial charge in [-0.1, -0.05) is 30.3 Å². The predicted octanol–water partition coefficient (Wildman–Crippen LogP) is 2.34. The predicted molar refractivity (Wildman–Crippen MR) is 88.5 cm³/mol. The molecule has 2 aromatic carbocycles. The molecule has 0 saturated carbocycles. The van der Waals surface area contributed by atoms with Crippen LogP contribution in [-0.4, -0.2) is 45.7 Å². The molecular formula is C17H25N3. The maximum absolute atomic E-state index is 5.59. The maximum Gasteiger partial charge on any atom is 0.0440 e. The normalized spacial score (nSPS) is 11.2. The van der Waals surface area contributed by atoms with Crippen molar-refractivity contribution in [1.82, 2.24) is 4.90 Å². The third-order valence-corrected chi connectivity index (χ3v) is 3.74. The molecular weight excluding hydrogens is 246 g/mol. The van der Waals surface area contributed by atoms with E-state index in [0.29, 0.717) is 0 Å².